The van der Waals surface area contributed by atoms with Crippen LogP contribution in [0, 0.1) is 12.7 Å². The molecule has 0 atom stereocenters. The van der Waals surface area contributed by atoms with E-state index in [1.54, 1.807) is 28.9 Å². The molecule has 0 aliphatic carbocycles. The summed E-state index contributed by atoms with van der Waals surface area (Å²) in [4.78, 5) is 8.79. The average molecular weight is 318 g/mol. The number of anilines is 1. The molecule has 24 heavy (non-hydrogen) atoms. The van der Waals surface area contributed by atoms with Crippen molar-refractivity contribution in [3.63, 3.8) is 0 Å². The van der Waals surface area contributed by atoms with Crippen LogP contribution < -0.4 is 5.73 Å². The van der Waals surface area contributed by atoms with Crippen molar-refractivity contribution in [1.29, 1.82) is 0 Å². The molecular formula is C19H15FN4. The van der Waals surface area contributed by atoms with Gasteiger partial charge in [-0.3, -0.25) is 4.40 Å². The summed E-state index contributed by atoms with van der Waals surface area (Å²) < 4.78 is 15.9. The number of hydrogen-bond acceptors (Lipinski definition) is 3. The van der Waals surface area contributed by atoms with Crippen molar-refractivity contribution < 1.29 is 4.39 Å². The van der Waals surface area contributed by atoms with E-state index in [-0.39, 0.29) is 5.82 Å². The van der Waals surface area contributed by atoms with Crippen LogP contribution in [0.3, 0.4) is 0 Å². The number of fused-ring (bicyclic) bond motifs is 1. The molecule has 4 nitrogen and oxygen atoms in total. The van der Waals surface area contributed by atoms with Gasteiger partial charge in [-0.25, -0.2) is 14.4 Å². The zero-order valence-electron chi connectivity index (χ0n) is 13.1. The van der Waals surface area contributed by atoms with Gasteiger partial charge in [0.05, 0.1) is 5.69 Å². The number of rotatable bonds is 2. The van der Waals surface area contributed by atoms with Gasteiger partial charge in [0.15, 0.2) is 0 Å². The van der Waals surface area contributed by atoms with Crippen molar-refractivity contribution in [3.8, 4) is 22.4 Å². The Morgan fingerprint density at radius 2 is 1.88 bits per heavy atom. The van der Waals surface area contributed by atoms with Crippen molar-refractivity contribution in [2.45, 2.75) is 6.92 Å². The lowest BCUT2D eigenvalue weighted by Gasteiger charge is -2.05. The fraction of sp³-hybridized carbons (Fsp3) is 0.0526. The van der Waals surface area contributed by atoms with E-state index in [4.69, 9.17) is 5.73 Å². The lowest BCUT2D eigenvalue weighted by molar-refractivity contribution is 0.630. The van der Waals surface area contributed by atoms with Gasteiger partial charge in [-0.05, 0) is 25.1 Å². The van der Waals surface area contributed by atoms with E-state index < -0.39 is 0 Å². The maximum atomic E-state index is 14.1. The third-order valence-corrected chi connectivity index (χ3v) is 3.98. The Morgan fingerprint density at radius 3 is 2.71 bits per heavy atom. The summed E-state index contributed by atoms with van der Waals surface area (Å²) in [5.74, 6) is 0.223. The van der Waals surface area contributed by atoms with Crippen LogP contribution in [-0.4, -0.2) is 14.4 Å². The van der Waals surface area contributed by atoms with Gasteiger partial charge in [0.25, 0.3) is 0 Å². The van der Waals surface area contributed by atoms with Crippen LogP contribution in [0.1, 0.15) is 5.56 Å². The number of nitrogens with two attached hydrogens (primary N) is 1. The first-order chi connectivity index (χ1) is 11.6. The second-order valence-electron chi connectivity index (χ2n) is 5.75. The van der Waals surface area contributed by atoms with Gasteiger partial charge in [-0.1, -0.05) is 29.8 Å². The molecule has 0 fully saturated rings. The first-order valence-electron chi connectivity index (χ1n) is 7.58. The van der Waals surface area contributed by atoms with Crippen molar-refractivity contribution in [2.24, 2.45) is 0 Å². The van der Waals surface area contributed by atoms with E-state index in [1.165, 1.54) is 6.07 Å². The van der Waals surface area contributed by atoms with Crippen LogP contribution in [0.5, 0.6) is 0 Å². The maximum absolute atomic E-state index is 14.1. The first-order valence-corrected chi connectivity index (χ1v) is 7.58. The monoisotopic (exact) mass is 318 g/mol. The number of imidazole rings is 1. The molecule has 0 aliphatic heterocycles. The molecule has 4 rings (SSSR count). The fourth-order valence-electron chi connectivity index (χ4n) is 2.75. The first kappa shape index (κ1) is 14.4. The predicted molar refractivity (Wildman–Crippen MR) is 93.0 cm³/mol. The van der Waals surface area contributed by atoms with E-state index in [0.717, 1.165) is 16.7 Å². The molecular weight excluding hydrogens is 303 g/mol. The zero-order chi connectivity index (χ0) is 16.7. The molecule has 118 valence electrons. The van der Waals surface area contributed by atoms with Gasteiger partial charge in [0, 0.05) is 41.0 Å². The SMILES string of the molecule is Cc1ccc(F)c(-c2cn3cc(-c4ccccc4N)cnc3n2)c1. The molecule has 2 heterocycles. The normalized spacial score (nSPS) is 11.1. The smallest absolute Gasteiger partial charge is 0.234 e. The van der Waals surface area contributed by atoms with Crippen LogP contribution >= 0.6 is 0 Å². The van der Waals surface area contributed by atoms with Crippen molar-refractivity contribution >= 4 is 11.5 Å². The van der Waals surface area contributed by atoms with Gasteiger partial charge in [0.2, 0.25) is 5.78 Å². The molecule has 0 amide bonds. The molecule has 2 N–H and O–H groups in total. The predicted octanol–water partition coefficient (Wildman–Crippen LogP) is 4.09. The van der Waals surface area contributed by atoms with Gasteiger partial charge >= 0.3 is 0 Å². The lowest BCUT2D eigenvalue weighted by Crippen LogP contribution is -1.93. The summed E-state index contributed by atoms with van der Waals surface area (Å²) in [5, 5.41) is 0. The third-order valence-electron chi connectivity index (χ3n) is 3.98. The molecule has 4 aromatic rings. The highest BCUT2D eigenvalue weighted by Crippen LogP contribution is 2.27. The van der Waals surface area contributed by atoms with E-state index in [9.17, 15) is 4.39 Å². The Labute approximate surface area is 138 Å². The minimum Gasteiger partial charge on any atom is -0.398 e. The molecule has 0 saturated heterocycles. The van der Waals surface area contributed by atoms with Gasteiger partial charge < -0.3 is 5.73 Å². The Kier molecular flexibility index (Phi) is 3.27. The summed E-state index contributed by atoms with van der Waals surface area (Å²) >= 11 is 0. The van der Waals surface area contributed by atoms with Crippen LogP contribution in [0.25, 0.3) is 28.2 Å². The van der Waals surface area contributed by atoms with Crippen LogP contribution in [0.4, 0.5) is 10.1 Å². The molecule has 0 aliphatic rings. The second kappa shape index (κ2) is 5.45. The molecule has 0 unspecified atom stereocenters. The van der Waals surface area contributed by atoms with Gasteiger partial charge in [-0.15, -0.1) is 0 Å². The highest BCUT2D eigenvalue weighted by atomic mass is 19.1. The molecule has 2 aromatic carbocycles. The third kappa shape index (κ3) is 2.40. The Bertz CT molecular complexity index is 1050. The molecule has 0 radical (unpaired) electrons. The van der Waals surface area contributed by atoms with Crippen LogP contribution in [0.15, 0.2) is 61.1 Å². The fourth-order valence-corrected chi connectivity index (χ4v) is 2.75. The molecule has 0 spiro atoms. The summed E-state index contributed by atoms with van der Waals surface area (Å²) in [6.07, 6.45) is 5.41. The summed E-state index contributed by atoms with van der Waals surface area (Å²) in [6, 6.07) is 12.6. The number of para-hydroxylation sites is 1. The average Bonchev–Trinajstić information content (AvgIpc) is 3.00. The van der Waals surface area contributed by atoms with E-state index in [0.29, 0.717) is 22.7 Å². The number of aromatic nitrogens is 3. The van der Waals surface area contributed by atoms with E-state index in [1.807, 2.05) is 37.4 Å². The largest absolute Gasteiger partial charge is 0.398 e. The minimum absolute atomic E-state index is 0.295. The standard InChI is InChI=1S/C19H15FN4/c1-12-6-7-16(20)15(8-12)18-11-24-10-13(9-22-19(24)23-18)14-4-2-3-5-17(14)21/h2-11H,21H2,1H3. The number of aryl methyl sites for hydroxylation is 1. The molecule has 2 aromatic heterocycles. The summed E-state index contributed by atoms with van der Waals surface area (Å²) in [6.45, 7) is 1.92. The summed E-state index contributed by atoms with van der Waals surface area (Å²) in [5.41, 5.74) is 10.5. The number of halogens is 1. The van der Waals surface area contributed by atoms with Crippen molar-refractivity contribution in [1.82, 2.24) is 14.4 Å². The number of benzene rings is 2. The lowest BCUT2D eigenvalue weighted by atomic mass is 10.1. The van der Waals surface area contributed by atoms with Crippen molar-refractivity contribution in [3.05, 3.63) is 72.4 Å². The quantitative estimate of drug-likeness (QED) is 0.566. The van der Waals surface area contributed by atoms with Crippen molar-refractivity contribution in [2.75, 3.05) is 5.73 Å². The molecule has 5 heteroatoms. The second-order valence-corrected chi connectivity index (χ2v) is 5.75. The van der Waals surface area contributed by atoms with Gasteiger partial charge in [0.1, 0.15) is 5.82 Å². The zero-order valence-corrected chi connectivity index (χ0v) is 13.1. The summed E-state index contributed by atoms with van der Waals surface area (Å²) in [7, 11) is 0. The number of nitrogens with zero attached hydrogens (tertiary/aromatic N) is 3. The highest BCUT2D eigenvalue weighted by Gasteiger charge is 2.11. The maximum Gasteiger partial charge on any atom is 0.234 e. The van der Waals surface area contributed by atoms with Gasteiger partial charge in [-0.2, -0.15) is 0 Å². The Balaban J connectivity index is 1.85. The van der Waals surface area contributed by atoms with Crippen LogP contribution in [0.2, 0.25) is 0 Å². The Morgan fingerprint density at radius 1 is 1.04 bits per heavy atom. The topological polar surface area (TPSA) is 56.2 Å². The van der Waals surface area contributed by atoms with E-state index in [2.05, 4.69) is 9.97 Å². The molecule has 0 saturated carbocycles. The highest BCUT2D eigenvalue weighted by molar-refractivity contribution is 5.75. The molecule has 0 bridgehead atoms. The van der Waals surface area contributed by atoms with Crippen LogP contribution in [-0.2, 0) is 0 Å². The Hall–Kier alpha value is -3.21. The number of hydrogen-bond donors (Lipinski definition) is 1. The minimum atomic E-state index is -0.295. The number of nitrogen functional groups attached to an aromatic ring is 1. The van der Waals surface area contributed by atoms with E-state index >= 15 is 0 Å².